The topological polar surface area (TPSA) is 56.8 Å². The molecule has 1 aromatic carbocycles. The maximum atomic E-state index is 11.0. The van der Waals surface area contributed by atoms with Crippen molar-refractivity contribution in [1.29, 1.82) is 0 Å². The molecule has 1 aliphatic heterocycles. The summed E-state index contributed by atoms with van der Waals surface area (Å²) in [5.74, 6) is 1.36. The fourth-order valence-electron chi connectivity index (χ4n) is 1.74. The first-order valence-electron chi connectivity index (χ1n) is 5.48. The number of carbonyl (C=O) groups excluding carboxylic acids is 1. The smallest absolute Gasteiger partial charge is 0.407 e. The van der Waals surface area contributed by atoms with E-state index < -0.39 is 0 Å². The van der Waals surface area contributed by atoms with E-state index in [9.17, 15) is 4.79 Å². The average molecular weight is 274 g/mol. The summed E-state index contributed by atoms with van der Waals surface area (Å²) in [7, 11) is 1.60. The highest BCUT2D eigenvalue weighted by Gasteiger charge is 2.24. The Morgan fingerprint density at radius 3 is 2.78 bits per heavy atom. The van der Waals surface area contributed by atoms with Gasteiger partial charge >= 0.3 is 6.09 Å². The maximum Gasteiger partial charge on any atom is 0.407 e. The van der Waals surface area contributed by atoms with Crippen molar-refractivity contribution in [1.82, 2.24) is 5.32 Å². The molecular weight excluding hydrogens is 258 g/mol. The standard InChI is InChI=1S/C12H15NO4.ClH/c1-3-16-11-6-8(4-5-10(11)15-2)9-7-17-12(14)13-9;/h4-6,9H,3,7H2,1-2H3,(H,13,14);1H/t9-;/m1./s1. The number of carbonyl (C=O) groups is 1. The van der Waals surface area contributed by atoms with Gasteiger partial charge in [0.25, 0.3) is 0 Å². The van der Waals surface area contributed by atoms with Crippen molar-refractivity contribution < 1.29 is 19.0 Å². The molecule has 0 bridgehead atoms. The van der Waals surface area contributed by atoms with Crippen molar-refractivity contribution >= 4 is 18.5 Å². The van der Waals surface area contributed by atoms with Crippen LogP contribution >= 0.6 is 12.4 Å². The van der Waals surface area contributed by atoms with Crippen molar-refractivity contribution in [2.24, 2.45) is 0 Å². The van der Waals surface area contributed by atoms with E-state index in [1.54, 1.807) is 7.11 Å². The van der Waals surface area contributed by atoms with Gasteiger partial charge in [-0.1, -0.05) is 6.07 Å². The molecule has 1 aliphatic rings. The summed E-state index contributed by atoms with van der Waals surface area (Å²) in [4.78, 5) is 11.0. The lowest BCUT2D eigenvalue weighted by molar-refractivity contribution is 0.177. The summed E-state index contributed by atoms with van der Waals surface area (Å²) >= 11 is 0. The molecule has 1 N–H and O–H groups in total. The van der Waals surface area contributed by atoms with Crippen LogP contribution in [0.5, 0.6) is 11.5 Å². The lowest BCUT2D eigenvalue weighted by atomic mass is 10.1. The minimum Gasteiger partial charge on any atom is -0.493 e. The van der Waals surface area contributed by atoms with Gasteiger partial charge in [0.2, 0.25) is 0 Å². The third-order valence-corrected chi connectivity index (χ3v) is 2.56. The van der Waals surface area contributed by atoms with Crippen LogP contribution in [0.15, 0.2) is 18.2 Å². The van der Waals surface area contributed by atoms with Crippen LogP contribution in [-0.4, -0.2) is 26.4 Å². The van der Waals surface area contributed by atoms with Gasteiger partial charge in [0.15, 0.2) is 11.5 Å². The van der Waals surface area contributed by atoms with Crippen LogP contribution in [-0.2, 0) is 4.74 Å². The van der Waals surface area contributed by atoms with Gasteiger partial charge in [0.1, 0.15) is 6.61 Å². The first-order chi connectivity index (χ1) is 8.24. The van der Waals surface area contributed by atoms with Crippen LogP contribution in [0.2, 0.25) is 0 Å². The van der Waals surface area contributed by atoms with E-state index in [1.165, 1.54) is 0 Å². The van der Waals surface area contributed by atoms with E-state index in [-0.39, 0.29) is 24.5 Å². The monoisotopic (exact) mass is 273 g/mol. The minimum absolute atomic E-state index is 0. The van der Waals surface area contributed by atoms with Crippen LogP contribution in [0.1, 0.15) is 18.5 Å². The van der Waals surface area contributed by atoms with Gasteiger partial charge in [0.05, 0.1) is 19.8 Å². The Morgan fingerprint density at radius 1 is 1.44 bits per heavy atom. The Kier molecular flexibility index (Phi) is 5.09. The number of cyclic esters (lactones) is 1. The zero-order valence-electron chi connectivity index (χ0n) is 10.3. The fourth-order valence-corrected chi connectivity index (χ4v) is 1.74. The van der Waals surface area contributed by atoms with Crippen LogP contribution in [0.4, 0.5) is 4.79 Å². The predicted molar refractivity (Wildman–Crippen MR) is 68.6 cm³/mol. The Morgan fingerprint density at radius 2 is 2.22 bits per heavy atom. The number of hydrogen-bond acceptors (Lipinski definition) is 4. The molecule has 1 heterocycles. The number of halogens is 1. The minimum atomic E-state index is -0.385. The zero-order chi connectivity index (χ0) is 12.3. The number of ether oxygens (including phenoxy) is 3. The van der Waals surface area contributed by atoms with Crippen molar-refractivity contribution in [3.05, 3.63) is 23.8 Å². The molecule has 2 rings (SSSR count). The third-order valence-electron chi connectivity index (χ3n) is 2.56. The number of amides is 1. The SMILES string of the molecule is CCOc1cc([C@H]2COC(=O)N2)ccc1OC.Cl. The van der Waals surface area contributed by atoms with Gasteiger partial charge < -0.3 is 19.5 Å². The molecule has 1 saturated heterocycles. The molecule has 0 radical (unpaired) electrons. The summed E-state index contributed by atoms with van der Waals surface area (Å²) in [5.41, 5.74) is 0.945. The quantitative estimate of drug-likeness (QED) is 0.914. The number of hydrogen-bond donors (Lipinski definition) is 1. The van der Waals surface area contributed by atoms with Gasteiger partial charge in [-0.25, -0.2) is 4.79 Å². The van der Waals surface area contributed by atoms with Crippen LogP contribution < -0.4 is 14.8 Å². The van der Waals surface area contributed by atoms with E-state index in [0.29, 0.717) is 24.7 Å². The molecular formula is C12H16ClNO4. The zero-order valence-corrected chi connectivity index (χ0v) is 11.1. The average Bonchev–Trinajstić information content (AvgIpc) is 2.76. The molecule has 1 amide bonds. The van der Waals surface area contributed by atoms with Gasteiger partial charge in [-0.05, 0) is 24.6 Å². The van der Waals surface area contributed by atoms with Gasteiger partial charge in [-0.15, -0.1) is 12.4 Å². The summed E-state index contributed by atoms with van der Waals surface area (Å²) in [6.07, 6.45) is -0.385. The molecule has 6 heteroatoms. The molecule has 0 aliphatic carbocycles. The second-order valence-corrected chi connectivity index (χ2v) is 3.64. The molecule has 1 fully saturated rings. The van der Waals surface area contributed by atoms with E-state index in [4.69, 9.17) is 14.2 Å². The van der Waals surface area contributed by atoms with Crippen molar-refractivity contribution in [3.8, 4) is 11.5 Å². The maximum absolute atomic E-state index is 11.0. The predicted octanol–water partition coefficient (Wildman–Crippen LogP) is 2.30. The first-order valence-corrected chi connectivity index (χ1v) is 5.48. The summed E-state index contributed by atoms with van der Waals surface area (Å²) in [5, 5.41) is 2.72. The van der Waals surface area contributed by atoms with Crippen LogP contribution in [0.3, 0.4) is 0 Å². The number of alkyl carbamates (subject to hydrolysis) is 1. The summed E-state index contributed by atoms with van der Waals surface area (Å²) < 4.78 is 15.5. The molecule has 0 spiro atoms. The number of methoxy groups -OCH3 is 1. The van der Waals surface area contributed by atoms with Crippen LogP contribution in [0, 0.1) is 0 Å². The molecule has 0 unspecified atom stereocenters. The fraction of sp³-hybridized carbons (Fsp3) is 0.417. The molecule has 1 aromatic rings. The van der Waals surface area contributed by atoms with Crippen molar-refractivity contribution in [3.63, 3.8) is 0 Å². The van der Waals surface area contributed by atoms with Crippen molar-refractivity contribution in [2.45, 2.75) is 13.0 Å². The number of rotatable bonds is 4. The third kappa shape index (κ3) is 2.98. The Bertz CT molecular complexity index is 425. The molecule has 0 saturated carbocycles. The molecule has 100 valence electrons. The highest BCUT2D eigenvalue weighted by Crippen LogP contribution is 2.31. The highest BCUT2D eigenvalue weighted by molar-refractivity contribution is 5.85. The molecule has 18 heavy (non-hydrogen) atoms. The second-order valence-electron chi connectivity index (χ2n) is 3.64. The normalized spacial score (nSPS) is 17.4. The van der Waals surface area contributed by atoms with E-state index in [1.807, 2.05) is 25.1 Å². The van der Waals surface area contributed by atoms with Gasteiger partial charge in [-0.2, -0.15) is 0 Å². The Labute approximate surface area is 112 Å². The van der Waals surface area contributed by atoms with Gasteiger partial charge in [-0.3, -0.25) is 0 Å². The molecule has 1 atom stereocenters. The Hall–Kier alpha value is -1.62. The van der Waals surface area contributed by atoms with E-state index in [0.717, 1.165) is 5.56 Å². The number of benzene rings is 1. The summed E-state index contributed by atoms with van der Waals surface area (Å²) in [6.45, 7) is 2.82. The Balaban J connectivity index is 0.00000162. The van der Waals surface area contributed by atoms with Gasteiger partial charge in [0, 0.05) is 0 Å². The molecule has 0 aromatic heterocycles. The lowest BCUT2D eigenvalue weighted by Crippen LogP contribution is -2.18. The van der Waals surface area contributed by atoms with E-state index in [2.05, 4.69) is 5.32 Å². The van der Waals surface area contributed by atoms with Crippen LogP contribution in [0.25, 0.3) is 0 Å². The second kappa shape index (κ2) is 6.35. The lowest BCUT2D eigenvalue weighted by Gasteiger charge is -2.13. The largest absolute Gasteiger partial charge is 0.493 e. The number of nitrogens with one attached hydrogen (secondary N) is 1. The first kappa shape index (κ1) is 14.4. The highest BCUT2D eigenvalue weighted by atomic mass is 35.5. The summed E-state index contributed by atoms with van der Waals surface area (Å²) in [6, 6.07) is 5.46. The van der Waals surface area contributed by atoms with E-state index >= 15 is 0 Å². The van der Waals surface area contributed by atoms with Crippen molar-refractivity contribution in [2.75, 3.05) is 20.3 Å². The molecule has 5 nitrogen and oxygen atoms in total.